The molecule has 6 nitrogen and oxygen atoms in total. The number of nitrogen functional groups attached to an aromatic ring is 1. The number of aromatic nitrogens is 2. The van der Waals surface area contributed by atoms with Crippen LogP contribution in [0.2, 0.25) is 0 Å². The number of hydrogen-bond donors (Lipinski definition) is 3. The highest BCUT2D eigenvalue weighted by atomic mass is 79.9. The molecule has 0 aliphatic heterocycles. The average Bonchev–Trinajstić information content (AvgIpc) is 2.44. The minimum absolute atomic E-state index is 0.103. The fraction of sp³-hybridized carbons (Fsp3) is 0.0833. The van der Waals surface area contributed by atoms with Gasteiger partial charge in [-0.25, -0.2) is 10.2 Å². The summed E-state index contributed by atoms with van der Waals surface area (Å²) in [7, 11) is 0. The molecular weight excluding hydrogens is 329 g/mol. The van der Waals surface area contributed by atoms with Gasteiger partial charge in [-0.2, -0.15) is 0 Å². The van der Waals surface area contributed by atoms with E-state index in [1.807, 2.05) is 0 Å². The molecule has 0 saturated carbocycles. The summed E-state index contributed by atoms with van der Waals surface area (Å²) in [4.78, 5) is 12.0. The molecule has 0 aliphatic carbocycles. The van der Waals surface area contributed by atoms with Gasteiger partial charge in [-0.15, -0.1) is 10.2 Å². The number of rotatable bonds is 3. The third-order valence-corrected chi connectivity index (χ3v) is 3.17. The molecule has 1 aromatic heterocycles. The second-order valence-corrected chi connectivity index (χ2v) is 4.84. The lowest BCUT2D eigenvalue weighted by Gasteiger charge is -2.09. The van der Waals surface area contributed by atoms with Gasteiger partial charge in [0.05, 0.1) is 4.47 Å². The first-order valence-corrected chi connectivity index (χ1v) is 6.38. The van der Waals surface area contributed by atoms with E-state index in [1.54, 1.807) is 13.0 Å². The van der Waals surface area contributed by atoms with Gasteiger partial charge in [-0.1, -0.05) is 0 Å². The average molecular weight is 340 g/mol. The summed E-state index contributed by atoms with van der Waals surface area (Å²) in [6.45, 7) is 1.76. The summed E-state index contributed by atoms with van der Waals surface area (Å²) < 4.78 is 13.8. The van der Waals surface area contributed by atoms with Crippen molar-refractivity contribution < 1.29 is 9.18 Å². The summed E-state index contributed by atoms with van der Waals surface area (Å²) in [5.74, 6) is 4.55. The Bertz CT molecular complexity index is 647. The first-order chi connectivity index (χ1) is 9.51. The lowest BCUT2D eigenvalue weighted by atomic mass is 10.2. The van der Waals surface area contributed by atoms with Crippen LogP contribution in [0.15, 0.2) is 28.7 Å². The van der Waals surface area contributed by atoms with Crippen molar-refractivity contribution >= 4 is 33.3 Å². The highest BCUT2D eigenvalue weighted by molar-refractivity contribution is 9.10. The molecule has 20 heavy (non-hydrogen) atoms. The van der Waals surface area contributed by atoms with E-state index in [-0.39, 0.29) is 5.69 Å². The van der Waals surface area contributed by atoms with E-state index >= 15 is 0 Å². The van der Waals surface area contributed by atoms with Crippen LogP contribution in [-0.4, -0.2) is 16.1 Å². The van der Waals surface area contributed by atoms with Crippen LogP contribution in [0.1, 0.15) is 16.1 Å². The number of amides is 1. The molecule has 0 fully saturated rings. The lowest BCUT2D eigenvalue weighted by molar-refractivity contribution is 0.102. The standard InChI is InChI=1S/C12H11BrFN5O/c1-6-4-7(13)8(14)5-10(6)16-12(20)9-2-3-11(17-15)19-18-9/h2-5H,15H2,1H3,(H,16,20)(H,17,19). The number of aryl methyl sites for hydroxylation is 1. The van der Waals surface area contributed by atoms with Gasteiger partial charge in [-0.05, 0) is 52.7 Å². The molecule has 0 aliphatic rings. The molecule has 4 N–H and O–H groups in total. The number of anilines is 2. The molecule has 2 aromatic rings. The van der Waals surface area contributed by atoms with E-state index in [4.69, 9.17) is 5.84 Å². The Morgan fingerprint density at radius 2 is 2.10 bits per heavy atom. The Hall–Kier alpha value is -2.06. The topological polar surface area (TPSA) is 92.9 Å². The number of hydrogen-bond acceptors (Lipinski definition) is 5. The maximum Gasteiger partial charge on any atom is 0.276 e. The van der Waals surface area contributed by atoms with Crippen LogP contribution in [0.3, 0.4) is 0 Å². The second kappa shape index (κ2) is 5.93. The largest absolute Gasteiger partial charge is 0.320 e. The minimum atomic E-state index is -0.481. The maximum atomic E-state index is 13.5. The van der Waals surface area contributed by atoms with Gasteiger partial charge in [0.25, 0.3) is 5.91 Å². The van der Waals surface area contributed by atoms with Crippen LogP contribution in [-0.2, 0) is 0 Å². The monoisotopic (exact) mass is 339 g/mol. The zero-order valence-electron chi connectivity index (χ0n) is 10.4. The van der Waals surface area contributed by atoms with E-state index in [2.05, 4.69) is 36.9 Å². The SMILES string of the molecule is Cc1cc(Br)c(F)cc1NC(=O)c1ccc(NN)nn1. The molecule has 0 atom stereocenters. The molecule has 0 saturated heterocycles. The zero-order valence-corrected chi connectivity index (χ0v) is 12.0. The van der Waals surface area contributed by atoms with E-state index in [9.17, 15) is 9.18 Å². The Morgan fingerprint density at radius 1 is 1.35 bits per heavy atom. The third-order valence-electron chi connectivity index (χ3n) is 2.56. The normalized spacial score (nSPS) is 10.2. The Labute approximate surface area is 122 Å². The van der Waals surface area contributed by atoms with Crippen molar-refractivity contribution in [3.63, 3.8) is 0 Å². The van der Waals surface area contributed by atoms with Gasteiger partial charge in [0.2, 0.25) is 0 Å². The quantitative estimate of drug-likeness (QED) is 0.589. The van der Waals surface area contributed by atoms with Gasteiger partial charge >= 0.3 is 0 Å². The van der Waals surface area contributed by atoms with Crippen molar-refractivity contribution in [3.8, 4) is 0 Å². The van der Waals surface area contributed by atoms with E-state index in [1.165, 1.54) is 18.2 Å². The number of nitrogens with two attached hydrogens (primary N) is 1. The van der Waals surface area contributed by atoms with Crippen LogP contribution in [0.25, 0.3) is 0 Å². The summed E-state index contributed by atoms with van der Waals surface area (Å²) in [6, 6.07) is 5.79. The number of hydrazine groups is 1. The van der Waals surface area contributed by atoms with Crippen molar-refractivity contribution in [1.82, 2.24) is 10.2 Å². The lowest BCUT2D eigenvalue weighted by Crippen LogP contribution is -2.16. The van der Waals surface area contributed by atoms with Gasteiger partial charge in [0.1, 0.15) is 5.82 Å². The minimum Gasteiger partial charge on any atom is -0.320 e. The molecule has 1 amide bonds. The first-order valence-electron chi connectivity index (χ1n) is 5.58. The number of carbonyl (C=O) groups is 1. The Morgan fingerprint density at radius 3 is 2.70 bits per heavy atom. The summed E-state index contributed by atoms with van der Waals surface area (Å²) in [5.41, 5.74) is 3.50. The Balaban J connectivity index is 2.20. The molecule has 0 spiro atoms. The smallest absolute Gasteiger partial charge is 0.276 e. The van der Waals surface area contributed by atoms with Gasteiger partial charge in [0.15, 0.2) is 11.5 Å². The molecule has 0 unspecified atom stereocenters. The van der Waals surface area contributed by atoms with Crippen LogP contribution >= 0.6 is 15.9 Å². The molecular formula is C12H11BrFN5O. The maximum absolute atomic E-state index is 13.5. The highest BCUT2D eigenvalue weighted by Crippen LogP contribution is 2.24. The predicted octanol–water partition coefficient (Wildman–Crippen LogP) is 2.22. The van der Waals surface area contributed by atoms with Crippen LogP contribution in [0, 0.1) is 12.7 Å². The van der Waals surface area contributed by atoms with Crippen molar-refractivity contribution in [2.24, 2.45) is 5.84 Å². The molecule has 1 heterocycles. The van der Waals surface area contributed by atoms with E-state index in [0.717, 1.165) is 5.56 Å². The van der Waals surface area contributed by atoms with Crippen molar-refractivity contribution in [1.29, 1.82) is 0 Å². The van der Waals surface area contributed by atoms with Gasteiger partial charge < -0.3 is 10.7 Å². The number of carbonyl (C=O) groups excluding carboxylic acids is 1. The summed E-state index contributed by atoms with van der Waals surface area (Å²) in [6.07, 6.45) is 0. The fourth-order valence-corrected chi connectivity index (χ4v) is 1.96. The van der Waals surface area contributed by atoms with Gasteiger partial charge in [-0.3, -0.25) is 4.79 Å². The fourth-order valence-electron chi connectivity index (χ4n) is 1.50. The number of nitrogens with zero attached hydrogens (tertiary/aromatic N) is 2. The number of halogens is 2. The van der Waals surface area contributed by atoms with Crippen LogP contribution in [0.5, 0.6) is 0 Å². The van der Waals surface area contributed by atoms with E-state index in [0.29, 0.717) is 16.0 Å². The zero-order chi connectivity index (χ0) is 14.7. The highest BCUT2D eigenvalue weighted by Gasteiger charge is 2.12. The molecule has 0 bridgehead atoms. The first kappa shape index (κ1) is 14.4. The molecule has 2 rings (SSSR count). The third kappa shape index (κ3) is 3.09. The summed E-state index contributed by atoms with van der Waals surface area (Å²) >= 11 is 3.08. The number of benzene rings is 1. The van der Waals surface area contributed by atoms with E-state index < -0.39 is 11.7 Å². The predicted molar refractivity (Wildman–Crippen MR) is 76.6 cm³/mol. The summed E-state index contributed by atoms with van der Waals surface area (Å²) in [5, 5.41) is 9.97. The van der Waals surface area contributed by atoms with Gasteiger partial charge in [0, 0.05) is 5.69 Å². The van der Waals surface area contributed by atoms with Crippen LogP contribution < -0.4 is 16.6 Å². The molecule has 104 valence electrons. The Kier molecular flexibility index (Phi) is 4.26. The number of nitrogens with one attached hydrogen (secondary N) is 2. The van der Waals surface area contributed by atoms with Crippen molar-refractivity contribution in [3.05, 3.63) is 45.8 Å². The molecule has 1 aromatic carbocycles. The second-order valence-electron chi connectivity index (χ2n) is 3.98. The van der Waals surface area contributed by atoms with Crippen molar-refractivity contribution in [2.45, 2.75) is 6.92 Å². The molecule has 8 heteroatoms. The van der Waals surface area contributed by atoms with Crippen LogP contribution in [0.4, 0.5) is 15.9 Å². The van der Waals surface area contributed by atoms with Crippen molar-refractivity contribution in [2.75, 3.05) is 10.7 Å². The molecule has 0 radical (unpaired) electrons.